The summed E-state index contributed by atoms with van der Waals surface area (Å²) in [6.07, 6.45) is 1.68. The lowest BCUT2D eigenvalue weighted by atomic mass is 10.3. The molecule has 0 radical (unpaired) electrons. The number of carbonyl (C=O) groups excluding carboxylic acids is 1. The second-order valence-electron chi connectivity index (χ2n) is 3.29. The average molecular weight is 334 g/mol. The van der Waals surface area contributed by atoms with E-state index in [0.717, 1.165) is 4.47 Å². The lowest BCUT2D eigenvalue weighted by molar-refractivity contribution is 0.102. The number of hydrogen-bond donors (Lipinski definition) is 2. The maximum absolute atomic E-state index is 11.8. The number of nitrogens with one attached hydrogen (secondary N) is 2. The standard InChI is InChI=1S/C11H7BrCl2N2O/c12-6-4-9(15-5-6)11(17)16-8-3-1-2-7(13)10(8)14/h1-5,15H,(H,16,17). The molecule has 2 rings (SSSR count). The summed E-state index contributed by atoms with van der Waals surface area (Å²) in [5, 5.41) is 3.40. The summed E-state index contributed by atoms with van der Waals surface area (Å²) in [6.45, 7) is 0. The van der Waals surface area contributed by atoms with Crippen LogP contribution in [-0.2, 0) is 0 Å². The lowest BCUT2D eigenvalue weighted by Crippen LogP contribution is -2.12. The Labute approximate surface area is 116 Å². The number of rotatable bonds is 2. The summed E-state index contributed by atoms with van der Waals surface area (Å²) in [5.41, 5.74) is 0.919. The highest BCUT2D eigenvalue weighted by atomic mass is 79.9. The lowest BCUT2D eigenvalue weighted by Gasteiger charge is -2.06. The van der Waals surface area contributed by atoms with Crippen molar-refractivity contribution < 1.29 is 4.79 Å². The molecule has 88 valence electrons. The fourth-order valence-electron chi connectivity index (χ4n) is 1.29. The van der Waals surface area contributed by atoms with Crippen molar-refractivity contribution in [3.8, 4) is 0 Å². The predicted molar refractivity (Wildman–Crippen MR) is 72.9 cm³/mol. The van der Waals surface area contributed by atoms with E-state index < -0.39 is 0 Å². The second kappa shape index (κ2) is 5.12. The van der Waals surface area contributed by atoms with Crippen LogP contribution in [0.15, 0.2) is 34.9 Å². The van der Waals surface area contributed by atoms with Crippen LogP contribution in [0.5, 0.6) is 0 Å². The summed E-state index contributed by atoms with van der Waals surface area (Å²) < 4.78 is 0.805. The van der Waals surface area contributed by atoms with Gasteiger partial charge in [-0.2, -0.15) is 0 Å². The molecule has 17 heavy (non-hydrogen) atoms. The zero-order chi connectivity index (χ0) is 12.4. The van der Waals surface area contributed by atoms with E-state index in [-0.39, 0.29) is 5.91 Å². The Bertz CT molecular complexity index is 568. The van der Waals surface area contributed by atoms with E-state index in [9.17, 15) is 4.79 Å². The minimum Gasteiger partial charge on any atom is -0.356 e. The van der Waals surface area contributed by atoms with Crippen LogP contribution in [0.25, 0.3) is 0 Å². The number of halogens is 3. The smallest absolute Gasteiger partial charge is 0.272 e. The number of anilines is 1. The first-order chi connectivity index (χ1) is 8.08. The van der Waals surface area contributed by atoms with Crippen LogP contribution in [0, 0.1) is 0 Å². The van der Waals surface area contributed by atoms with Crippen molar-refractivity contribution in [3.05, 3.63) is 50.7 Å². The molecule has 6 heteroatoms. The van der Waals surface area contributed by atoms with Gasteiger partial charge in [-0.25, -0.2) is 0 Å². The van der Waals surface area contributed by atoms with Gasteiger partial charge in [-0.3, -0.25) is 4.79 Å². The zero-order valence-electron chi connectivity index (χ0n) is 8.43. The first kappa shape index (κ1) is 12.5. The highest BCUT2D eigenvalue weighted by Crippen LogP contribution is 2.29. The molecule has 1 aromatic carbocycles. The first-order valence-electron chi connectivity index (χ1n) is 4.67. The Balaban J connectivity index is 2.21. The van der Waals surface area contributed by atoms with Gasteiger partial charge >= 0.3 is 0 Å². The number of benzene rings is 1. The zero-order valence-corrected chi connectivity index (χ0v) is 11.5. The normalized spacial score (nSPS) is 10.3. The van der Waals surface area contributed by atoms with Crippen LogP contribution in [0.2, 0.25) is 10.0 Å². The van der Waals surface area contributed by atoms with Crippen molar-refractivity contribution >= 4 is 50.7 Å². The molecule has 1 aromatic heterocycles. The quantitative estimate of drug-likeness (QED) is 0.843. The Morgan fingerprint density at radius 3 is 2.76 bits per heavy atom. The molecule has 3 nitrogen and oxygen atoms in total. The van der Waals surface area contributed by atoms with Crippen molar-refractivity contribution in [2.75, 3.05) is 5.32 Å². The molecule has 0 bridgehead atoms. The summed E-state index contributed by atoms with van der Waals surface area (Å²) in [7, 11) is 0. The molecular weight excluding hydrogens is 327 g/mol. The maximum atomic E-state index is 11.8. The largest absolute Gasteiger partial charge is 0.356 e. The maximum Gasteiger partial charge on any atom is 0.272 e. The third-order valence-corrected chi connectivity index (χ3v) is 3.37. The fourth-order valence-corrected chi connectivity index (χ4v) is 1.98. The van der Waals surface area contributed by atoms with E-state index in [4.69, 9.17) is 23.2 Å². The van der Waals surface area contributed by atoms with Gasteiger partial charge in [0.1, 0.15) is 5.69 Å². The highest BCUT2D eigenvalue weighted by molar-refractivity contribution is 9.10. The van der Waals surface area contributed by atoms with E-state index in [1.54, 1.807) is 30.5 Å². The number of hydrogen-bond acceptors (Lipinski definition) is 1. The number of aromatic amines is 1. The second-order valence-corrected chi connectivity index (χ2v) is 4.99. The van der Waals surface area contributed by atoms with Crippen LogP contribution >= 0.6 is 39.1 Å². The molecule has 0 atom stereocenters. The third kappa shape index (κ3) is 2.83. The van der Waals surface area contributed by atoms with Crippen molar-refractivity contribution in [1.82, 2.24) is 4.98 Å². The molecule has 0 aliphatic carbocycles. The summed E-state index contributed by atoms with van der Waals surface area (Å²) in [4.78, 5) is 14.7. The molecule has 1 amide bonds. The summed E-state index contributed by atoms with van der Waals surface area (Å²) >= 11 is 15.1. The molecule has 0 spiro atoms. The Morgan fingerprint density at radius 1 is 1.35 bits per heavy atom. The monoisotopic (exact) mass is 332 g/mol. The SMILES string of the molecule is O=C(Nc1cccc(Cl)c1Cl)c1cc(Br)c[nH]1. The van der Waals surface area contributed by atoms with E-state index >= 15 is 0 Å². The molecule has 0 aliphatic heterocycles. The minimum atomic E-state index is -0.278. The van der Waals surface area contributed by atoms with Gasteiger partial charge in [0, 0.05) is 10.7 Å². The minimum absolute atomic E-state index is 0.278. The Kier molecular flexibility index (Phi) is 3.76. The number of carbonyl (C=O) groups is 1. The van der Waals surface area contributed by atoms with Crippen LogP contribution < -0.4 is 5.32 Å². The Morgan fingerprint density at radius 2 is 2.12 bits per heavy atom. The van der Waals surface area contributed by atoms with E-state index in [1.807, 2.05) is 0 Å². The van der Waals surface area contributed by atoms with Crippen molar-refractivity contribution in [2.24, 2.45) is 0 Å². The van der Waals surface area contributed by atoms with Gasteiger partial charge in [0.05, 0.1) is 15.7 Å². The molecule has 0 fully saturated rings. The van der Waals surface area contributed by atoms with Crippen molar-refractivity contribution in [1.29, 1.82) is 0 Å². The molecule has 0 unspecified atom stereocenters. The van der Waals surface area contributed by atoms with Crippen LogP contribution in [0.4, 0.5) is 5.69 Å². The van der Waals surface area contributed by atoms with E-state index in [0.29, 0.717) is 21.4 Å². The van der Waals surface area contributed by atoms with Gasteiger partial charge in [-0.1, -0.05) is 29.3 Å². The molecule has 1 heterocycles. The first-order valence-corrected chi connectivity index (χ1v) is 6.22. The van der Waals surface area contributed by atoms with Crippen LogP contribution in [-0.4, -0.2) is 10.9 Å². The van der Waals surface area contributed by atoms with Crippen LogP contribution in [0.1, 0.15) is 10.5 Å². The third-order valence-electron chi connectivity index (χ3n) is 2.09. The summed E-state index contributed by atoms with van der Waals surface area (Å²) in [5.74, 6) is -0.278. The van der Waals surface area contributed by atoms with Gasteiger partial charge in [0.15, 0.2) is 0 Å². The molecule has 0 aliphatic rings. The number of amides is 1. The molecule has 0 saturated heterocycles. The predicted octanol–water partition coefficient (Wildman–Crippen LogP) is 4.34. The van der Waals surface area contributed by atoms with Gasteiger partial charge in [0.2, 0.25) is 0 Å². The topological polar surface area (TPSA) is 44.9 Å². The highest BCUT2D eigenvalue weighted by Gasteiger charge is 2.11. The van der Waals surface area contributed by atoms with Crippen molar-refractivity contribution in [3.63, 3.8) is 0 Å². The van der Waals surface area contributed by atoms with Crippen molar-refractivity contribution in [2.45, 2.75) is 0 Å². The number of aromatic nitrogens is 1. The molecule has 2 N–H and O–H groups in total. The van der Waals surface area contributed by atoms with Crippen LogP contribution in [0.3, 0.4) is 0 Å². The van der Waals surface area contributed by atoms with Gasteiger partial charge in [-0.05, 0) is 34.1 Å². The molecule has 2 aromatic rings. The Hall–Kier alpha value is -0.970. The van der Waals surface area contributed by atoms with Gasteiger partial charge < -0.3 is 10.3 Å². The number of H-pyrrole nitrogens is 1. The summed E-state index contributed by atoms with van der Waals surface area (Å²) in [6, 6.07) is 6.73. The fraction of sp³-hybridized carbons (Fsp3) is 0. The van der Waals surface area contributed by atoms with E-state index in [2.05, 4.69) is 26.2 Å². The molecular formula is C11H7BrCl2N2O. The molecule has 0 saturated carbocycles. The van der Waals surface area contributed by atoms with E-state index in [1.165, 1.54) is 0 Å². The van der Waals surface area contributed by atoms with Gasteiger partial charge in [0.25, 0.3) is 5.91 Å². The van der Waals surface area contributed by atoms with Gasteiger partial charge in [-0.15, -0.1) is 0 Å². The average Bonchev–Trinajstić information content (AvgIpc) is 2.72.